The van der Waals surface area contributed by atoms with Gasteiger partial charge >= 0.3 is 11.9 Å². The average Bonchev–Trinajstić information content (AvgIpc) is 3.78. The molecular weight excluding hydrogens is 742 g/mol. The first-order valence-corrected chi connectivity index (χ1v) is 17.5. The number of nitrogens with zero attached hydrogens (tertiary/aromatic N) is 9. The molecule has 0 aromatic carbocycles. The van der Waals surface area contributed by atoms with E-state index in [0.29, 0.717) is 40.9 Å². The van der Waals surface area contributed by atoms with Crippen LogP contribution in [0.4, 0.5) is 20.4 Å². The monoisotopic (exact) mass is 792 g/mol. The summed E-state index contributed by atoms with van der Waals surface area (Å²) in [5, 5.41) is 8.25. The first-order chi connectivity index (χ1) is 26.3. The summed E-state index contributed by atoms with van der Waals surface area (Å²) in [4.78, 5) is 55.5. The molecule has 0 amide bonds. The van der Waals surface area contributed by atoms with Crippen LogP contribution in [0.15, 0.2) is 66.2 Å². The number of esters is 2. The highest BCUT2D eigenvalue weighted by Crippen LogP contribution is 2.25. The molecular formula is C39H50F2N10O6. The lowest BCUT2D eigenvalue weighted by Gasteiger charge is -2.28. The van der Waals surface area contributed by atoms with Gasteiger partial charge in [-0.2, -0.15) is 10.2 Å². The van der Waals surface area contributed by atoms with Crippen LogP contribution in [-0.4, -0.2) is 83.5 Å². The molecule has 306 valence electrons. The molecule has 18 heteroatoms. The number of pyridine rings is 2. The zero-order valence-electron chi connectivity index (χ0n) is 31.5. The Morgan fingerprint density at radius 2 is 1.25 bits per heavy atom. The highest BCUT2D eigenvalue weighted by Gasteiger charge is 2.22. The summed E-state index contributed by atoms with van der Waals surface area (Å²) in [6, 6.07) is 6.11. The number of methoxy groups -OCH3 is 1. The van der Waals surface area contributed by atoms with E-state index in [4.69, 9.17) is 14.2 Å². The van der Waals surface area contributed by atoms with Crippen molar-refractivity contribution in [1.29, 1.82) is 0 Å². The van der Waals surface area contributed by atoms with Gasteiger partial charge in [0.05, 0.1) is 52.0 Å². The Kier molecular flexibility index (Phi) is 15.7. The van der Waals surface area contributed by atoms with Crippen LogP contribution in [0, 0.1) is 11.6 Å². The number of carbonyl (C=O) groups excluding carboxylic acids is 2. The summed E-state index contributed by atoms with van der Waals surface area (Å²) in [6.45, 7) is 12.3. The number of aromatic amines is 1. The van der Waals surface area contributed by atoms with E-state index in [0.717, 1.165) is 12.4 Å². The molecule has 6 aromatic rings. The van der Waals surface area contributed by atoms with Crippen molar-refractivity contribution in [2.75, 3.05) is 30.1 Å². The second-order valence-corrected chi connectivity index (χ2v) is 12.6. The number of fused-ring (bicyclic) bond motifs is 2. The van der Waals surface area contributed by atoms with Crippen LogP contribution in [0.25, 0.3) is 11.3 Å². The van der Waals surface area contributed by atoms with Crippen LogP contribution in [0.2, 0.25) is 0 Å². The first-order valence-electron chi connectivity index (χ1n) is 17.5. The molecule has 0 atom stereocenters. The lowest BCUT2D eigenvalue weighted by molar-refractivity contribution is 0.0518. The summed E-state index contributed by atoms with van der Waals surface area (Å²) in [6.07, 6.45) is 8.37. The van der Waals surface area contributed by atoms with Crippen molar-refractivity contribution in [3.05, 3.63) is 106 Å². The predicted octanol–water partition coefficient (Wildman–Crippen LogP) is 6.28. The van der Waals surface area contributed by atoms with Gasteiger partial charge in [0.25, 0.3) is 5.56 Å². The normalized spacial score (nSPS) is 10.7. The summed E-state index contributed by atoms with van der Waals surface area (Å²) in [5.74, 6) is -0.443. The van der Waals surface area contributed by atoms with Crippen LogP contribution in [0.3, 0.4) is 0 Å². The van der Waals surface area contributed by atoms with Crippen molar-refractivity contribution < 1.29 is 32.6 Å². The van der Waals surface area contributed by atoms with Gasteiger partial charge in [0, 0.05) is 41.8 Å². The van der Waals surface area contributed by atoms with E-state index in [9.17, 15) is 23.2 Å². The number of ether oxygens (including phenoxy) is 3. The zero-order valence-corrected chi connectivity index (χ0v) is 31.5. The topological polar surface area (TPSA) is 174 Å². The van der Waals surface area contributed by atoms with Crippen molar-refractivity contribution >= 4 is 34.9 Å². The second kappa shape index (κ2) is 19.9. The van der Waals surface area contributed by atoms with E-state index in [1.54, 1.807) is 38.4 Å². The van der Waals surface area contributed by atoms with Crippen molar-refractivity contribution in [2.24, 2.45) is 0 Å². The number of H-pyrrole nitrogens is 1. The number of rotatable bonds is 13. The molecule has 1 N–H and O–H groups in total. The largest absolute Gasteiger partial charge is 0.481 e. The van der Waals surface area contributed by atoms with Gasteiger partial charge in [-0.25, -0.2) is 42.4 Å². The molecule has 0 saturated carbocycles. The average molecular weight is 793 g/mol. The van der Waals surface area contributed by atoms with Gasteiger partial charge in [-0.05, 0) is 65.8 Å². The molecule has 0 aliphatic heterocycles. The standard InChI is InChI=1S/C19H22FN5O3.C18H20FN5O3.2CH4/c1-5-28-19(26)15-10-22-25-7-6-16(23-17(15)25)24(12(2)3)11-13-8-14(20)9-21-18(13)27-4;1-4-27-18(26)14-9-21-24-6-5-15(22-16(14)24)23(11(2)3)10-12-7-13(19)8-20-17(12)25;;/h6-10,12H,5,11H2,1-4H3;5-9,11H,4,10H2,1-3H3,(H,20,25);2*1H4. The summed E-state index contributed by atoms with van der Waals surface area (Å²) < 4.78 is 45.6. The molecule has 0 saturated heterocycles. The number of nitrogens with one attached hydrogen (secondary N) is 1. The van der Waals surface area contributed by atoms with Gasteiger partial charge in [-0.1, -0.05) is 14.9 Å². The van der Waals surface area contributed by atoms with Gasteiger partial charge in [0.1, 0.15) is 34.4 Å². The minimum absolute atomic E-state index is 0. The maximum absolute atomic E-state index is 13.7. The van der Waals surface area contributed by atoms with Gasteiger partial charge in [0.2, 0.25) is 5.88 Å². The predicted molar refractivity (Wildman–Crippen MR) is 212 cm³/mol. The lowest BCUT2D eigenvalue weighted by Crippen LogP contribution is -2.33. The maximum atomic E-state index is 13.7. The molecule has 16 nitrogen and oxygen atoms in total. The Hall–Kier alpha value is -6.46. The number of anilines is 2. The fourth-order valence-electron chi connectivity index (χ4n) is 5.55. The first kappa shape index (κ1) is 44.9. The van der Waals surface area contributed by atoms with Gasteiger partial charge in [0.15, 0.2) is 11.3 Å². The highest BCUT2D eigenvalue weighted by molar-refractivity contribution is 5.96. The molecule has 6 rings (SSSR count). The molecule has 6 heterocycles. The Morgan fingerprint density at radius 3 is 1.70 bits per heavy atom. The molecule has 57 heavy (non-hydrogen) atoms. The molecule has 0 spiro atoms. The Labute approximate surface area is 329 Å². The van der Waals surface area contributed by atoms with E-state index >= 15 is 0 Å². The van der Waals surface area contributed by atoms with Crippen molar-refractivity contribution in [2.45, 2.75) is 81.6 Å². The van der Waals surface area contributed by atoms with Crippen LogP contribution < -0.4 is 20.1 Å². The van der Waals surface area contributed by atoms with E-state index in [-0.39, 0.29) is 68.9 Å². The molecule has 6 aromatic heterocycles. The molecule has 0 aliphatic carbocycles. The second-order valence-electron chi connectivity index (χ2n) is 12.6. The third kappa shape index (κ3) is 10.4. The van der Waals surface area contributed by atoms with Gasteiger partial charge in [-0.15, -0.1) is 0 Å². The quantitative estimate of drug-likeness (QED) is 0.130. The van der Waals surface area contributed by atoms with Crippen LogP contribution in [0.5, 0.6) is 5.88 Å². The number of carbonyl (C=O) groups is 2. The third-order valence-corrected chi connectivity index (χ3v) is 8.25. The van der Waals surface area contributed by atoms with E-state index in [2.05, 4.69) is 30.1 Å². The van der Waals surface area contributed by atoms with Crippen LogP contribution >= 0.6 is 0 Å². The Bertz CT molecular complexity index is 2340. The fourth-order valence-corrected chi connectivity index (χ4v) is 5.55. The minimum atomic E-state index is -0.517. The van der Waals surface area contributed by atoms with Gasteiger partial charge in [-0.3, -0.25) is 4.79 Å². The zero-order chi connectivity index (χ0) is 39.8. The fraction of sp³-hybridized carbons (Fsp3) is 0.385. The lowest BCUT2D eigenvalue weighted by atomic mass is 10.2. The molecule has 0 radical (unpaired) electrons. The van der Waals surface area contributed by atoms with Gasteiger partial charge < -0.3 is 29.0 Å². The maximum Gasteiger partial charge on any atom is 0.343 e. The number of hydrogen-bond acceptors (Lipinski definition) is 13. The van der Waals surface area contributed by atoms with Crippen molar-refractivity contribution in [3.63, 3.8) is 0 Å². The number of halogens is 2. The summed E-state index contributed by atoms with van der Waals surface area (Å²) in [5.41, 5.74) is 1.81. The van der Waals surface area contributed by atoms with E-state index in [1.165, 1.54) is 40.7 Å². The third-order valence-electron chi connectivity index (χ3n) is 8.25. The molecule has 0 bridgehead atoms. The van der Waals surface area contributed by atoms with E-state index in [1.807, 2.05) is 37.5 Å². The molecule has 0 aliphatic rings. The number of aromatic nitrogens is 8. The smallest absolute Gasteiger partial charge is 0.343 e. The van der Waals surface area contributed by atoms with Crippen LogP contribution in [-0.2, 0) is 22.6 Å². The van der Waals surface area contributed by atoms with Crippen molar-refractivity contribution in [3.8, 4) is 5.88 Å². The molecule has 0 fully saturated rings. The Morgan fingerprint density at radius 1 is 0.772 bits per heavy atom. The number of hydrogen-bond donors (Lipinski definition) is 1. The summed E-state index contributed by atoms with van der Waals surface area (Å²) in [7, 11) is 1.49. The van der Waals surface area contributed by atoms with Crippen LogP contribution in [0.1, 0.15) is 88.2 Å². The van der Waals surface area contributed by atoms with Crippen molar-refractivity contribution in [1.82, 2.24) is 39.2 Å². The molecule has 0 unspecified atom stereocenters. The van der Waals surface area contributed by atoms with E-state index < -0.39 is 23.6 Å². The minimum Gasteiger partial charge on any atom is -0.481 e. The summed E-state index contributed by atoms with van der Waals surface area (Å²) >= 11 is 0. The SMILES string of the molecule is C.C.CCOC(=O)c1cnn2ccc(N(Cc3cc(F)c[nH]c3=O)C(C)C)nc12.CCOC(=O)c1cnn2ccc(N(Cc3cc(F)cnc3OC)C(C)C)nc12. The Balaban J connectivity index is 0.000000295. The highest BCUT2D eigenvalue weighted by atomic mass is 19.1.